The van der Waals surface area contributed by atoms with Crippen LogP contribution >= 0.6 is 11.3 Å². The number of nitrogens with one attached hydrogen (secondary N) is 1. The van der Waals surface area contributed by atoms with Crippen LogP contribution in [0.1, 0.15) is 53.7 Å². The first kappa shape index (κ1) is 21.0. The smallest absolute Gasteiger partial charge is 0.243 e. The fraction of sp³-hybridized carbons (Fsp3) is 0.455. The molecular weight excluding hydrogens is 418 g/mol. The lowest BCUT2D eigenvalue weighted by Crippen LogP contribution is -2.35. The van der Waals surface area contributed by atoms with Crippen molar-refractivity contribution in [3.8, 4) is 6.07 Å². The second-order valence-corrected chi connectivity index (χ2v) is 10.9. The topological polar surface area (TPSA) is 90.3 Å². The van der Waals surface area contributed by atoms with Crippen LogP contribution in [0.15, 0.2) is 29.2 Å². The van der Waals surface area contributed by atoms with Gasteiger partial charge < -0.3 is 5.32 Å². The molecule has 1 fully saturated rings. The molecule has 1 saturated heterocycles. The summed E-state index contributed by atoms with van der Waals surface area (Å²) in [5, 5.41) is 13.1. The number of rotatable bonds is 5. The molecule has 2 aliphatic rings. The number of hydrogen-bond donors (Lipinski definition) is 1. The first-order valence-corrected chi connectivity index (χ1v) is 12.7. The molecule has 1 aromatic carbocycles. The van der Waals surface area contributed by atoms with E-state index in [1.165, 1.54) is 16.2 Å². The lowest BCUT2D eigenvalue weighted by molar-refractivity contribution is -0.115. The zero-order valence-corrected chi connectivity index (χ0v) is 18.4. The van der Waals surface area contributed by atoms with E-state index in [-0.39, 0.29) is 17.2 Å². The second kappa shape index (κ2) is 8.88. The molecule has 158 valence electrons. The minimum absolute atomic E-state index is 0.136. The standard InChI is InChI=1S/C22H25N3O3S2/c23-15-19-18-6-2-3-7-20(18)29-22(19)24-21(26)14-16-8-10-17(11-9-16)30(27,28)25-12-4-1-5-13-25/h8-11H,1-7,12-14H2,(H,24,26). The molecule has 1 aliphatic heterocycles. The summed E-state index contributed by atoms with van der Waals surface area (Å²) >= 11 is 1.51. The predicted molar refractivity (Wildman–Crippen MR) is 117 cm³/mol. The monoisotopic (exact) mass is 443 g/mol. The Labute approximate surface area is 181 Å². The van der Waals surface area contributed by atoms with E-state index in [9.17, 15) is 18.5 Å². The molecule has 1 aromatic heterocycles. The number of hydrogen-bond acceptors (Lipinski definition) is 5. The quantitative estimate of drug-likeness (QED) is 0.760. The summed E-state index contributed by atoms with van der Waals surface area (Å²) < 4.78 is 27.0. The Bertz CT molecular complexity index is 1080. The Balaban J connectivity index is 1.43. The number of thiophene rings is 1. The molecule has 2 aromatic rings. The van der Waals surface area contributed by atoms with Crippen LogP contribution < -0.4 is 5.32 Å². The highest BCUT2D eigenvalue weighted by Crippen LogP contribution is 2.37. The molecule has 1 N–H and O–H groups in total. The van der Waals surface area contributed by atoms with Crippen molar-refractivity contribution >= 4 is 32.3 Å². The first-order chi connectivity index (χ1) is 14.5. The average molecular weight is 444 g/mol. The Morgan fingerprint density at radius 2 is 1.77 bits per heavy atom. The van der Waals surface area contributed by atoms with Gasteiger partial charge in [-0.25, -0.2) is 8.42 Å². The Morgan fingerprint density at radius 3 is 2.47 bits per heavy atom. The van der Waals surface area contributed by atoms with Crippen molar-refractivity contribution in [3.05, 3.63) is 45.8 Å². The number of aryl methyl sites for hydroxylation is 1. The summed E-state index contributed by atoms with van der Waals surface area (Å²) in [4.78, 5) is 14.0. The number of carbonyl (C=O) groups excluding carboxylic acids is 1. The van der Waals surface area contributed by atoms with Crippen molar-refractivity contribution in [1.29, 1.82) is 5.26 Å². The van der Waals surface area contributed by atoms with E-state index >= 15 is 0 Å². The highest BCUT2D eigenvalue weighted by Gasteiger charge is 2.26. The number of fused-ring (bicyclic) bond motifs is 1. The fourth-order valence-corrected chi connectivity index (χ4v) is 6.94. The van der Waals surface area contributed by atoms with Crippen LogP contribution in [0, 0.1) is 11.3 Å². The molecule has 0 saturated carbocycles. The van der Waals surface area contributed by atoms with Crippen molar-refractivity contribution < 1.29 is 13.2 Å². The van der Waals surface area contributed by atoms with E-state index in [1.807, 2.05) is 0 Å². The van der Waals surface area contributed by atoms with Crippen LogP contribution in [-0.2, 0) is 34.1 Å². The molecule has 0 radical (unpaired) electrons. The molecule has 2 heterocycles. The summed E-state index contributed by atoms with van der Waals surface area (Å²) in [6.45, 7) is 1.14. The Morgan fingerprint density at radius 1 is 1.07 bits per heavy atom. The predicted octanol–water partition coefficient (Wildman–Crippen LogP) is 3.85. The van der Waals surface area contributed by atoms with Crippen LogP contribution in [-0.4, -0.2) is 31.7 Å². The zero-order chi connectivity index (χ0) is 21.1. The highest BCUT2D eigenvalue weighted by atomic mass is 32.2. The molecule has 0 atom stereocenters. The van der Waals surface area contributed by atoms with E-state index < -0.39 is 10.0 Å². The maximum absolute atomic E-state index is 12.7. The Hall–Kier alpha value is -2.21. The lowest BCUT2D eigenvalue weighted by atomic mass is 9.96. The van der Waals surface area contributed by atoms with Crippen molar-refractivity contribution in [1.82, 2.24) is 4.31 Å². The zero-order valence-electron chi connectivity index (χ0n) is 16.8. The van der Waals surface area contributed by atoms with Gasteiger partial charge in [0.05, 0.1) is 16.9 Å². The van der Waals surface area contributed by atoms with Crippen molar-refractivity contribution in [2.24, 2.45) is 0 Å². The Kier molecular flexibility index (Phi) is 6.23. The third kappa shape index (κ3) is 4.29. The highest BCUT2D eigenvalue weighted by molar-refractivity contribution is 7.89. The van der Waals surface area contributed by atoms with Crippen LogP contribution in [0.2, 0.25) is 0 Å². The number of anilines is 1. The van der Waals surface area contributed by atoms with E-state index in [0.717, 1.165) is 56.1 Å². The average Bonchev–Trinajstić information content (AvgIpc) is 3.11. The third-order valence-electron chi connectivity index (χ3n) is 5.78. The van der Waals surface area contributed by atoms with Gasteiger partial charge in [-0.2, -0.15) is 9.57 Å². The number of benzene rings is 1. The third-order valence-corrected chi connectivity index (χ3v) is 8.90. The molecular formula is C22H25N3O3S2. The summed E-state index contributed by atoms with van der Waals surface area (Å²) in [6.07, 6.45) is 7.08. The minimum atomic E-state index is -3.47. The molecule has 0 unspecified atom stereocenters. The van der Waals surface area contributed by atoms with Gasteiger partial charge in [-0.15, -0.1) is 11.3 Å². The van der Waals surface area contributed by atoms with Gasteiger partial charge >= 0.3 is 0 Å². The van der Waals surface area contributed by atoms with Gasteiger partial charge in [0.15, 0.2) is 0 Å². The van der Waals surface area contributed by atoms with Gasteiger partial charge in [0.25, 0.3) is 0 Å². The lowest BCUT2D eigenvalue weighted by Gasteiger charge is -2.25. The molecule has 0 bridgehead atoms. The number of sulfonamides is 1. The molecule has 6 nitrogen and oxygen atoms in total. The van der Waals surface area contributed by atoms with Crippen LogP contribution in [0.5, 0.6) is 0 Å². The molecule has 8 heteroatoms. The number of nitrogens with zero attached hydrogens (tertiary/aromatic N) is 2. The summed E-state index contributed by atoms with van der Waals surface area (Å²) in [5.74, 6) is -0.197. The number of amides is 1. The van der Waals surface area contributed by atoms with E-state index in [1.54, 1.807) is 28.6 Å². The summed E-state index contributed by atoms with van der Waals surface area (Å²) in [5.41, 5.74) is 2.44. The molecule has 30 heavy (non-hydrogen) atoms. The van der Waals surface area contributed by atoms with Gasteiger partial charge in [0, 0.05) is 18.0 Å². The van der Waals surface area contributed by atoms with Crippen molar-refractivity contribution in [2.75, 3.05) is 18.4 Å². The summed E-state index contributed by atoms with van der Waals surface area (Å²) in [7, 11) is -3.47. The van der Waals surface area contributed by atoms with Crippen LogP contribution in [0.25, 0.3) is 0 Å². The minimum Gasteiger partial charge on any atom is -0.316 e. The normalized spacial score (nSPS) is 17.2. The number of piperidine rings is 1. The maximum Gasteiger partial charge on any atom is 0.243 e. The van der Waals surface area contributed by atoms with Crippen LogP contribution in [0.4, 0.5) is 5.00 Å². The molecule has 4 rings (SSSR count). The van der Waals surface area contributed by atoms with Gasteiger partial charge in [-0.1, -0.05) is 18.6 Å². The fourth-order valence-electron chi connectivity index (χ4n) is 4.16. The van der Waals surface area contributed by atoms with Crippen molar-refractivity contribution in [2.45, 2.75) is 56.3 Å². The van der Waals surface area contributed by atoms with Gasteiger partial charge in [0.1, 0.15) is 11.1 Å². The van der Waals surface area contributed by atoms with E-state index in [4.69, 9.17) is 0 Å². The molecule has 0 spiro atoms. The van der Waals surface area contributed by atoms with Crippen molar-refractivity contribution in [3.63, 3.8) is 0 Å². The SMILES string of the molecule is N#Cc1c(NC(=O)Cc2ccc(S(=O)(=O)N3CCCCC3)cc2)sc2c1CCCC2. The molecule has 1 amide bonds. The van der Waals surface area contributed by atoms with Crippen LogP contribution in [0.3, 0.4) is 0 Å². The maximum atomic E-state index is 12.7. The van der Waals surface area contributed by atoms with E-state index in [0.29, 0.717) is 23.7 Å². The van der Waals surface area contributed by atoms with Gasteiger partial charge in [0.2, 0.25) is 15.9 Å². The largest absolute Gasteiger partial charge is 0.316 e. The second-order valence-electron chi connectivity index (χ2n) is 7.86. The number of nitriles is 1. The first-order valence-electron chi connectivity index (χ1n) is 10.4. The molecule has 1 aliphatic carbocycles. The van der Waals surface area contributed by atoms with E-state index in [2.05, 4.69) is 11.4 Å². The van der Waals surface area contributed by atoms with Gasteiger partial charge in [-0.3, -0.25) is 4.79 Å². The number of carbonyl (C=O) groups is 1. The summed E-state index contributed by atoms with van der Waals surface area (Å²) in [6, 6.07) is 8.80. The van der Waals surface area contributed by atoms with Gasteiger partial charge in [-0.05, 0) is 61.8 Å².